The Kier molecular flexibility index (Phi) is 5.32. The minimum absolute atomic E-state index is 0.00526. The van der Waals surface area contributed by atoms with Crippen LogP contribution in [0.15, 0.2) is 24.4 Å². The second kappa shape index (κ2) is 7.31. The third-order valence-corrected chi connectivity index (χ3v) is 4.62. The van der Waals surface area contributed by atoms with Crippen LogP contribution >= 0.6 is 0 Å². The van der Waals surface area contributed by atoms with Crippen LogP contribution in [-0.2, 0) is 23.9 Å². The van der Waals surface area contributed by atoms with Crippen LogP contribution in [0.5, 0.6) is 5.75 Å². The van der Waals surface area contributed by atoms with Gasteiger partial charge in [0.05, 0.1) is 12.2 Å². The lowest BCUT2D eigenvalue weighted by molar-refractivity contribution is -0.141. The van der Waals surface area contributed by atoms with E-state index in [9.17, 15) is 18.0 Å². The summed E-state index contributed by atoms with van der Waals surface area (Å²) in [6.45, 7) is 7.40. The molecule has 0 spiro atoms. The van der Waals surface area contributed by atoms with Crippen molar-refractivity contribution in [1.82, 2.24) is 4.98 Å². The molecule has 1 aliphatic rings. The normalized spacial score (nSPS) is 14.6. The molecule has 1 amide bonds. The summed E-state index contributed by atoms with van der Waals surface area (Å²) in [7, 11) is 0. The summed E-state index contributed by atoms with van der Waals surface area (Å²) < 4.78 is 58.6. The van der Waals surface area contributed by atoms with Gasteiger partial charge in [-0.25, -0.2) is 4.39 Å². The van der Waals surface area contributed by atoms with Gasteiger partial charge >= 0.3 is 6.18 Å². The number of halogens is 4. The van der Waals surface area contributed by atoms with E-state index in [0.717, 1.165) is 12.3 Å². The highest BCUT2D eigenvalue weighted by Crippen LogP contribution is 2.40. The number of benzene rings is 1. The number of rotatable bonds is 3. The third-order valence-electron chi connectivity index (χ3n) is 4.62. The first kappa shape index (κ1) is 21.1. The highest BCUT2D eigenvalue weighted by molar-refractivity contribution is 5.98. The van der Waals surface area contributed by atoms with E-state index in [1.54, 1.807) is 13.0 Å². The number of anilines is 1. The number of aryl methyl sites for hydroxylation is 1. The molecule has 8 heteroatoms. The summed E-state index contributed by atoms with van der Waals surface area (Å²) >= 11 is 0. The Labute approximate surface area is 166 Å². The summed E-state index contributed by atoms with van der Waals surface area (Å²) in [6, 6.07) is 3.81. The summed E-state index contributed by atoms with van der Waals surface area (Å²) in [5.41, 5.74) is 0.732. The van der Waals surface area contributed by atoms with Crippen molar-refractivity contribution in [2.45, 2.75) is 46.8 Å². The number of alkyl halides is 3. The average molecular weight is 410 g/mol. The molecular formula is C21H22F4N2O2. The van der Waals surface area contributed by atoms with E-state index in [4.69, 9.17) is 4.74 Å². The molecule has 0 atom stereocenters. The second-order valence-corrected chi connectivity index (χ2v) is 8.39. The van der Waals surface area contributed by atoms with Crippen LogP contribution in [0.3, 0.4) is 0 Å². The minimum atomic E-state index is -4.54. The second-order valence-electron chi connectivity index (χ2n) is 8.39. The molecule has 4 nitrogen and oxygen atoms in total. The van der Waals surface area contributed by atoms with Gasteiger partial charge in [-0.15, -0.1) is 0 Å². The first-order valence-corrected chi connectivity index (χ1v) is 9.14. The van der Waals surface area contributed by atoms with Gasteiger partial charge in [0.15, 0.2) is 18.2 Å². The minimum Gasteiger partial charge on any atom is -0.478 e. The summed E-state index contributed by atoms with van der Waals surface area (Å²) in [6.07, 6.45) is -2.97. The molecule has 29 heavy (non-hydrogen) atoms. The molecule has 2 heterocycles. The lowest BCUT2D eigenvalue weighted by Gasteiger charge is -2.31. The fourth-order valence-corrected chi connectivity index (χ4v) is 3.25. The fourth-order valence-electron chi connectivity index (χ4n) is 3.25. The van der Waals surface area contributed by atoms with Gasteiger partial charge in [-0.1, -0.05) is 26.8 Å². The van der Waals surface area contributed by atoms with Gasteiger partial charge in [0.2, 0.25) is 0 Å². The van der Waals surface area contributed by atoms with E-state index < -0.39 is 23.6 Å². The number of aromatic nitrogens is 1. The van der Waals surface area contributed by atoms with Gasteiger partial charge in [0.25, 0.3) is 5.91 Å². The number of hydrogen-bond acceptors (Lipinski definition) is 3. The summed E-state index contributed by atoms with van der Waals surface area (Å²) in [5.74, 6) is -0.910. The van der Waals surface area contributed by atoms with Crippen molar-refractivity contribution in [1.29, 1.82) is 0 Å². The van der Waals surface area contributed by atoms with Crippen molar-refractivity contribution in [3.63, 3.8) is 0 Å². The van der Waals surface area contributed by atoms with Crippen LogP contribution in [0.1, 0.15) is 43.2 Å². The fraction of sp³-hybridized carbons (Fsp3) is 0.429. The predicted molar refractivity (Wildman–Crippen MR) is 100 cm³/mol. The molecular weight excluding hydrogens is 388 g/mol. The number of pyridine rings is 1. The largest absolute Gasteiger partial charge is 0.478 e. The van der Waals surface area contributed by atoms with Crippen LogP contribution in [0, 0.1) is 18.2 Å². The van der Waals surface area contributed by atoms with Crippen LogP contribution in [-0.4, -0.2) is 17.5 Å². The summed E-state index contributed by atoms with van der Waals surface area (Å²) in [4.78, 5) is 17.1. The van der Waals surface area contributed by atoms with Crippen molar-refractivity contribution >= 4 is 11.6 Å². The van der Waals surface area contributed by atoms with Crippen molar-refractivity contribution in [2.24, 2.45) is 5.41 Å². The van der Waals surface area contributed by atoms with Crippen LogP contribution < -0.4 is 9.64 Å². The van der Waals surface area contributed by atoms with E-state index in [2.05, 4.69) is 4.98 Å². The number of nitrogens with zero attached hydrogens (tertiary/aromatic N) is 2. The molecule has 0 saturated carbocycles. The Bertz CT molecular complexity index is 932. The Morgan fingerprint density at radius 3 is 2.45 bits per heavy atom. The first-order valence-electron chi connectivity index (χ1n) is 9.14. The maximum Gasteiger partial charge on any atom is 0.433 e. The van der Waals surface area contributed by atoms with Gasteiger partial charge in [0, 0.05) is 6.20 Å². The van der Waals surface area contributed by atoms with E-state index in [-0.39, 0.29) is 30.0 Å². The van der Waals surface area contributed by atoms with Crippen molar-refractivity contribution in [3.8, 4) is 5.75 Å². The Balaban J connectivity index is 1.96. The molecule has 1 aromatic heterocycles. The van der Waals surface area contributed by atoms with E-state index in [1.807, 2.05) is 20.8 Å². The molecule has 0 saturated heterocycles. The molecule has 2 aromatic rings. The highest BCUT2D eigenvalue weighted by Gasteiger charge is 2.33. The zero-order chi connectivity index (χ0) is 21.6. The molecule has 1 aromatic carbocycles. The topological polar surface area (TPSA) is 42.4 Å². The van der Waals surface area contributed by atoms with Crippen LogP contribution in [0.25, 0.3) is 0 Å². The lowest BCUT2D eigenvalue weighted by atomic mass is 9.85. The molecule has 0 aliphatic carbocycles. The molecule has 0 fully saturated rings. The molecule has 0 bridgehead atoms. The first-order chi connectivity index (χ1) is 13.4. The Morgan fingerprint density at radius 2 is 1.90 bits per heavy atom. The number of ether oxygens (including phenoxy) is 1. The van der Waals surface area contributed by atoms with Crippen LogP contribution in [0.2, 0.25) is 0 Å². The smallest absolute Gasteiger partial charge is 0.433 e. The molecule has 156 valence electrons. The van der Waals surface area contributed by atoms with Gasteiger partial charge in [-0.05, 0) is 47.6 Å². The maximum absolute atomic E-state index is 15.2. The summed E-state index contributed by atoms with van der Waals surface area (Å²) in [5, 5.41) is 0. The lowest BCUT2D eigenvalue weighted by Crippen LogP contribution is -2.39. The monoisotopic (exact) mass is 410 g/mol. The third kappa shape index (κ3) is 4.52. The molecule has 0 unspecified atom stereocenters. The highest BCUT2D eigenvalue weighted by atomic mass is 19.4. The van der Waals surface area contributed by atoms with Gasteiger partial charge in [0.1, 0.15) is 5.69 Å². The SMILES string of the molecule is Cc1cc2c(c(F)c1CC(C)(C)C)OCC(=O)N2Cc1ccc(C(F)(F)F)nc1. The zero-order valence-corrected chi connectivity index (χ0v) is 16.7. The average Bonchev–Trinajstić information content (AvgIpc) is 2.60. The molecule has 0 radical (unpaired) electrons. The molecule has 3 rings (SSSR count). The molecule has 0 N–H and O–H groups in total. The van der Waals surface area contributed by atoms with Crippen LogP contribution in [0.4, 0.5) is 23.2 Å². The quantitative estimate of drug-likeness (QED) is 0.664. The number of carbonyl (C=O) groups excluding carboxylic acids is 1. The standard InChI is InChI=1S/C21H22F4N2O2/c1-12-7-15-19(18(22)14(12)8-20(2,3)4)29-11-17(28)27(15)10-13-5-6-16(26-9-13)21(23,24)25/h5-7,9H,8,10-11H2,1-4H3. The van der Waals surface area contributed by atoms with Crippen molar-refractivity contribution in [2.75, 3.05) is 11.5 Å². The van der Waals surface area contributed by atoms with Crippen molar-refractivity contribution < 1.29 is 27.1 Å². The number of fused-ring (bicyclic) bond motifs is 1. The van der Waals surface area contributed by atoms with E-state index in [0.29, 0.717) is 23.1 Å². The number of carbonyl (C=O) groups is 1. The van der Waals surface area contributed by atoms with E-state index in [1.165, 1.54) is 11.0 Å². The predicted octanol–water partition coefficient (Wildman–Crippen LogP) is 5.06. The van der Waals surface area contributed by atoms with Gasteiger partial charge in [-0.2, -0.15) is 13.2 Å². The zero-order valence-electron chi connectivity index (χ0n) is 16.7. The molecule has 1 aliphatic heterocycles. The van der Waals surface area contributed by atoms with Gasteiger partial charge in [-0.3, -0.25) is 9.78 Å². The maximum atomic E-state index is 15.2. The Morgan fingerprint density at radius 1 is 1.21 bits per heavy atom. The number of amides is 1. The van der Waals surface area contributed by atoms with Gasteiger partial charge < -0.3 is 9.64 Å². The van der Waals surface area contributed by atoms with Crippen molar-refractivity contribution in [3.05, 3.63) is 52.6 Å². The number of hydrogen-bond donors (Lipinski definition) is 0. The Hall–Kier alpha value is -2.64. The van der Waals surface area contributed by atoms with E-state index >= 15 is 4.39 Å².